The molecule has 3 nitrogen and oxygen atoms in total. The summed E-state index contributed by atoms with van der Waals surface area (Å²) in [7, 11) is 0. The number of aryl methyl sites for hydroxylation is 1. The first kappa shape index (κ1) is 15.5. The summed E-state index contributed by atoms with van der Waals surface area (Å²) in [6.07, 6.45) is 0.734. The molecule has 1 aromatic carbocycles. The van der Waals surface area contributed by atoms with Crippen molar-refractivity contribution in [3.8, 4) is 0 Å². The lowest BCUT2D eigenvalue weighted by atomic mass is 10.2. The molecule has 0 unspecified atom stereocenters. The van der Waals surface area contributed by atoms with E-state index in [4.69, 9.17) is 9.47 Å². The van der Waals surface area contributed by atoms with Crippen molar-refractivity contribution in [1.82, 2.24) is 4.57 Å². The van der Waals surface area contributed by atoms with Crippen LogP contribution in [0.2, 0.25) is 0 Å². The van der Waals surface area contributed by atoms with Crippen molar-refractivity contribution in [1.29, 1.82) is 0 Å². The average molecular weight is 340 g/mol. The van der Waals surface area contributed by atoms with E-state index in [1.165, 1.54) is 21.1 Å². The number of nitrogens with zero attached hydrogens (tertiary/aromatic N) is 1. The van der Waals surface area contributed by atoms with Crippen molar-refractivity contribution < 1.29 is 9.47 Å². The molecular formula is C16H22BrNO2. The highest BCUT2D eigenvalue weighted by atomic mass is 79.9. The van der Waals surface area contributed by atoms with Crippen molar-refractivity contribution in [3.05, 3.63) is 34.4 Å². The van der Waals surface area contributed by atoms with Gasteiger partial charge in [0.1, 0.15) is 0 Å². The molecule has 2 rings (SSSR count). The van der Waals surface area contributed by atoms with Gasteiger partial charge in [-0.25, -0.2) is 0 Å². The van der Waals surface area contributed by atoms with Crippen molar-refractivity contribution in [2.24, 2.45) is 0 Å². The SMILES string of the molecule is CCOC(CCn1c(C)c(Br)c2ccccc21)OCC. The highest BCUT2D eigenvalue weighted by Gasteiger charge is 2.14. The zero-order valence-corrected chi connectivity index (χ0v) is 13.9. The molecule has 110 valence electrons. The van der Waals surface area contributed by atoms with Gasteiger partial charge in [-0.2, -0.15) is 0 Å². The Bertz CT molecular complexity index is 559. The molecule has 4 heteroatoms. The maximum atomic E-state index is 5.62. The number of hydrogen-bond donors (Lipinski definition) is 0. The predicted molar refractivity (Wildman–Crippen MR) is 86.0 cm³/mol. The molecule has 2 aromatic rings. The molecule has 1 aromatic heterocycles. The van der Waals surface area contributed by atoms with Gasteiger partial charge in [-0.15, -0.1) is 0 Å². The summed E-state index contributed by atoms with van der Waals surface area (Å²) >= 11 is 3.69. The number of halogens is 1. The Hall–Kier alpha value is -0.840. The second kappa shape index (κ2) is 7.25. The molecule has 0 aliphatic carbocycles. The van der Waals surface area contributed by atoms with E-state index in [2.05, 4.69) is 51.7 Å². The molecule has 0 N–H and O–H groups in total. The number of rotatable bonds is 7. The lowest BCUT2D eigenvalue weighted by Crippen LogP contribution is -2.20. The molecule has 0 bridgehead atoms. The van der Waals surface area contributed by atoms with E-state index >= 15 is 0 Å². The number of aromatic nitrogens is 1. The Balaban J connectivity index is 2.19. The number of ether oxygens (including phenoxy) is 2. The van der Waals surface area contributed by atoms with Gasteiger partial charge < -0.3 is 14.0 Å². The minimum atomic E-state index is -0.121. The summed E-state index contributed by atoms with van der Waals surface area (Å²) in [5.41, 5.74) is 2.50. The Kier molecular flexibility index (Phi) is 5.64. The lowest BCUT2D eigenvalue weighted by Gasteiger charge is -2.18. The van der Waals surface area contributed by atoms with E-state index in [-0.39, 0.29) is 6.29 Å². The predicted octanol–water partition coefficient (Wildman–Crippen LogP) is 4.50. The van der Waals surface area contributed by atoms with Gasteiger partial charge in [0.05, 0.1) is 0 Å². The largest absolute Gasteiger partial charge is 0.353 e. The van der Waals surface area contributed by atoms with E-state index in [0.717, 1.165) is 13.0 Å². The maximum Gasteiger partial charge on any atom is 0.159 e. The van der Waals surface area contributed by atoms with E-state index in [1.54, 1.807) is 0 Å². The molecule has 0 radical (unpaired) electrons. The molecule has 0 aliphatic rings. The number of benzene rings is 1. The Morgan fingerprint density at radius 3 is 2.45 bits per heavy atom. The molecule has 0 spiro atoms. The first-order chi connectivity index (χ1) is 9.69. The summed E-state index contributed by atoms with van der Waals surface area (Å²) in [6.45, 7) is 8.39. The smallest absolute Gasteiger partial charge is 0.159 e. The van der Waals surface area contributed by atoms with Crippen LogP contribution in [0.15, 0.2) is 28.7 Å². The number of para-hydroxylation sites is 1. The van der Waals surface area contributed by atoms with Crippen LogP contribution in [0.3, 0.4) is 0 Å². The number of hydrogen-bond acceptors (Lipinski definition) is 2. The lowest BCUT2D eigenvalue weighted by molar-refractivity contribution is -0.140. The quantitative estimate of drug-likeness (QED) is 0.693. The Morgan fingerprint density at radius 2 is 1.80 bits per heavy atom. The van der Waals surface area contributed by atoms with Crippen molar-refractivity contribution in [2.45, 2.75) is 40.0 Å². The molecule has 20 heavy (non-hydrogen) atoms. The first-order valence-corrected chi connectivity index (χ1v) is 7.94. The normalized spacial score (nSPS) is 11.7. The zero-order valence-electron chi connectivity index (χ0n) is 12.4. The van der Waals surface area contributed by atoms with Gasteiger partial charge in [-0.3, -0.25) is 0 Å². The zero-order chi connectivity index (χ0) is 14.5. The molecule has 0 saturated heterocycles. The van der Waals surface area contributed by atoms with Crippen molar-refractivity contribution in [3.63, 3.8) is 0 Å². The van der Waals surface area contributed by atoms with Crippen molar-refractivity contribution >= 4 is 26.8 Å². The minimum Gasteiger partial charge on any atom is -0.353 e. The van der Waals surface area contributed by atoms with Gasteiger partial charge in [0.15, 0.2) is 6.29 Å². The highest BCUT2D eigenvalue weighted by molar-refractivity contribution is 9.10. The molecular weight excluding hydrogens is 318 g/mol. The second-order valence-electron chi connectivity index (χ2n) is 4.70. The van der Waals surface area contributed by atoms with Crippen molar-refractivity contribution in [2.75, 3.05) is 13.2 Å². The summed E-state index contributed by atoms with van der Waals surface area (Å²) in [4.78, 5) is 0. The molecule has 0 aliphatic heterocycles. The van der Waals surface area contributed by atoms with Gasteiger partial charge in [0.25, 0.3) is 0 Å². The molecule has 0 saturated carbocycles. The fourth-order valence-electron chi connectivity index (χ4n) is 2.50. The van der Waals surface area contributed by atoms with Crippen LogP contribution in [0.5, 0.6) is 0 Å². The molecule has 1 heterocycles. The maximum absolute atomic E-state index is 5.62. The Labute approximate surface area is 129 Å². The van der Waals surface area contributed by atoms with E-state index in [9.17, 15) is 0 Å². The summed E-state index contributed by atoms with van der Waals surface area (Å²) in [5.74, 6) is 0. The average Bonchev–Trinajstić information content (AvgIpc) is 2.70. The monoisotopic (exact) mass is 339 g/mol. The van der Waals surface area contributed by atoms with Crippen LogP contribution >= 0.6 is 15.9 Å². The third-order valence-corrected chi connectivity index (χ3v) is 4.45. The summed E-state index contributed by atoms with van der Waals surface area (Å²) in [5, 5.41) is 1.26. The Morgan fingerprint density at radius 1 is 1.15 bits per heavy atom. The van der Waals surface area contributed by atoms with Gasteiger partial charge in [-0.1, -0.05) is 18.2 Å². The van der Waals surface area contributed by atoms with Gasteiger partial charge >= 0.3 is 0 Å². The van der Waals surface area contributed by atoms with Gasteiger partial charge in [0, 0.05) is 47.2 Å². The van der Waals surface area contributed by atoms with Crippen LogP contribution in [0.4, 0.5) is 0 Å². The topological polar surface area (TPSA) is 23.4 Å². The third kappa shape index (κ3) is 3.25. The molecule has 0 fully saturated rings. The fourth-order valence-corrected chi connectivity index (χ4v) is 3.05. The van der Waals surface area contributed by atoms with E-state index in [1.807, 2.05) is 13.8 Å². The van der Waals surface area contributed by atoms with Crippen LogP contribution in [-0.2, 0) is 16.0 Å². The van der Waals surface area contributed by atoms with Crippen LogP contribution in [-0.4, -0.2) is 24.1 Å². The first-order valence-electron chi connectivity index (χ1n) is 7.15. The van der Waals surface area contributed by atoms with Crippen LogP contribution in [0.1, 0.15) is 26.0 Å². The minimum absolute atomic E-state index is 0.121. The van der Waals surface area contributed by atoms with Gasteiger partial charge in [-0.05, 0) is 42.8 Å². The standard InChI is InChI=1S/C16H22BrNO2/c1-4-19-15(20-5-2)10-11-18-12(3)16(17)13-8-6-7-9-14(13)18/h6-9,15H,4-5,10-11H2,1-3H3. The highest BCUT2D eigenvalue weighted by Crippen LogP contribution is 2.30. The summed E-state index contributed by atoms with van der Waals surface area (Å²) in [6, 6.07) is 8.45. The van der Waals surface area contributed by atoms with E-state index in [0.29, 0.717) is 13.2 Å². The van der Waals surface area contributed by atoms with Gasteiger partial charge in [0.2, 0.25) is 0 Å². The van der Waals surface area contributed by atoms with Crippen LogP contribution in [0, 0.1) is 6.92 Å². The fraction of sp³-hybridized carbons (Fsp3) is 0.500. The number of fused-ring (bicyclic) bond motifs is 1. The van der Waals surface area contributed by atoms with E-state index < -0.39 is 0 Å². The van der Waals surface area contributed by atoms with Crippen LogP contribution < -0.4 is 0 Å². The third-order valence-electron chi connectivity index (χ3n) is 3.45. The second-order valence-corrected chi connectivity index (χ2v) is 5.49. The van der Waals surface area contributed by atoms with Crippen LogP contribution in [0.25, 0.3) is 10.9 Å². The molecule has 0 atom stereocenters. The summed E-state index contributed by atoms with van der Waals surface area (Å²) < 4.78 is 14.7. The molecule has 0 amide bonds.